The molecule has 1 aliphatic rings. The zero-order valence-corrected chi connectivity index (χ0v) is 14.7. The van der Waals surface area contributed by atoms with Crippen molar-refractivity contribution in [2.75, 3.05) is 19.6 Å². The highest BCUT2D eigenvalue weighted by molar-refractivity contribution is 4.97. The summed E-state index contributed by atoms with van der Waals surface area (Å²) in [5.41, 5.74) is 1.22. The Hall–Kier alpha value is -0.500. The molecule has 20 heavy (non-hydrogen) atoms. The van der Waals surface area contributed by atoms with Gasteiger partial charge >= 0.3 is 0 Å². The Morgan fingerprint density at radius 1 is 1.05 bits per heavy atom. The van der Waals surface area contributed by atoms with Gasteiger partial charge < -0.3 is 5.32 Å². The van der Waals surface area contributed by atoms with Crippen LogP contribution in [0.1, 0.15) is 73.1 Å². The van der Waals surface area contributed by atoms with Crippen molar-refractivity contribution < 1.29 is 0 Å². The lowest BCUT2D eigenvalue weighted by Crippen LogP contribution is -2.37. The van der Waals surface area contributed by atoms with E-state index in [0.29, 0.717) is 6.04 Å². The van der Waals surface area contributed by atoms with Crippen LogP contribution in [0.4, 0.5) is 0 Å². The normalized spacial score (nSPS) is 22.1. The molecule has 0 saturated heterocycles. The third-order valence-corrected chi connectivity index (χ3v) is 3.92. The maximum absolute atomic E-state index is 4.22. The van der Waals surface area contributed by atoms with Crippen molar-refractivity contribution >= 4 is 0 Å². The Balaban J connectivity index is 0.00000172. The van der Waals surface area contributed by atoms with Gasteiger partial charge in [0.25, 0.3) is 0 Å². The third kappa shape index (κ3) is 8.63. The van der Waals surface area contributed by atoms with Crippen LogP contribution in [-0.4, -0.2) is 30.6 Å². The largest absolute Gasteiger partial charge is 0.385 e. The van der Waals surface area contributed by atoms with Crippen molar-refractivity contribution in [3.8, 4) is 0 Å². The van der Waals surface area contributed by atoms with Gasteiger partial charge in [-0.2, -0.15) is 0 Å². The second-order valence-electron chi connectivity index (χ2n) is 5.98. The molecule has 1 fully saturated rings. The Morgan fingerprint density at radius 2 is 1.55 bits per heavy atom. The minimum atomic E-state index is 0.679. The quantitative estimate of drug-likeness (QED) is 0.687. The molecular formula is C18H38N2. The predicted octanol–water partition coefficient (Wildman–Crippen LogP) is 4.82. The fourth-order valence-corrected chi connectivity index (χ4v) is 2.91. The Labute approximate surface area is 128 Å². The maximum Gasteiger partial charge on any atom is 0.0375 e. The topological polar surface area (TPSA) is 15.3 Å². The highest BCUT2D eigenvalue weighted by atomic mass is 15.1. The lowest BCUT2D eigenvalue weighted by Gasteiger charge is -2.30. The van der Waals surface area contributed by atoms with E-state index >= 15 is 0 Å². The van der Waals surface area contributed by atoms with Gasteiger partial charge in [0.05, 0.1) is 0 Å². The standard InChI is InChI=1S/C16H32N2.C2H6/c1-5-11-18(12-6-2)13-15(4)17-16-9-7-14(3)8-10-16;1-2/h14,16-17H,4-13H2,1-3H3;1-2H3. The van der Waals surface area contributed by atoms with Gasteiger partial charge in [-0.3, -0.25) is 4.90 Å². The summed E-state index contributed by atoms with van der Waals surface area (Å²) in [5, 5.41) is 3.65. The van der Waals surface area contributed by atoms with Crippen LogP contribution in [-0.2, 0) is 0 Å². The molecule has 1 saturated carbocycles. The van der Waals surface area contributed by atoms with Gasteiger partial charge in [0.1, 0.15) is 0 Å². The number of hydrogen-bond acceptors (Lipinski definition) is 2. The first-order valence-corrected chi connectivity index (χ1v) is 8.82. The smallest absolute Gasteiger partial charge is 0.0375 e. The second kappa shape index (κ2) is 12.3. The van der Waals surface area contributed by atoms with E-state index in [1.165, 1.54) is 57.3 Å². The fraction of sp³-hybridized carbons (Fsp3) is 0.889. The summed E-state index contributed by atoms with van der Waals surface area (Å²) in [6.07, 6.45) is 7.85. The van der Waals surface area contributed by atoms with Crippen molar-refractivity contribution in [3.63, 3.8) is 0 Å². The highest BCUT2D eigenvalue weighted by Gasteiger charge is 2.18. The minimum absolute atomic E-state index is 0.679. The Bertz CT molecular complexity index is 224. The van der Waals surface area contributed by atoms with E-state index in [9.17, 15) is 0 Å². The molecule has 1 N–H and O–H groups in total. The summed E-state index contributed by atoms with van der Waals surface area (Å²) in [6.45, 7) is 18.5. The number of nitrogens with one attached hydrogen (secondary N) is 1. The molecule has 0 aromatic rings. The van der Waals surface area contributed by atoms with Gasteiger partial charge in [0.2, 0.25) is 0 Å². The lowest BCUT2D eigenvalue weighted by molar-refractivity contribution is 0.276. The Kier molecular flexibility index (Phi) is 12.0. The molecule has 0 heterocycles. The summed E-state index contributed by atoms with van der Waals surface area (Å²) in [7, 11) is 0. The van der Waals surface area contributed by atoms with Gasteiger partial charge in [0, 0.05) is 18.3 Å². The van der Waals surface area contributed by atoms with Crippen LogP contribution in [0.25, 0.3) is 0 Å². The zero-order valence-electron chi connectivity index (χ0n) is 14.7. The molecule has 0 aromatic carbocycles. The highest BCUT2D eigenvalue weighted by Crippen LogP contribution is 2.23. The van der Waals surface area contributed by atoms with Crippen LogP contribution in [0, 0.1) is 5.92 Å². The molecule has 0 unspecified atom stereocenters. The first kappa shape index (κ1) is 19.5. The van der Waals surface area contributed by atoms with E-state index < -0.39 is 0 Å². The van der Waals surface area contributed by atoms with Gasteiger partial charge in [-0.05, 0) is 57.5 Å². The van der Waals surface area contributed by atoms with Crippen LogP contribution < -0.4 is 5.32 Å². The van der Waals surface area contributed by atoms with Crippen molar-refractivity contribution in [2.45, 2.75) is 79.2 Å². The van der Waals surface area contributed by atoms with Crippen LogP contribution in [0.5, 0.6) is 0 Å². The van der Waals surface area contributed by atoms with Gasteiger partial charge in [-0.15, -0.1) is 0 Å². The van der Waals surface area contributed by atoms with Crippen molar-refractivity contribution in [2.24, 2.45) is 5.92 Å². The van der Waals surface area contributed by atoms with E-state index in [-0.39, 0.29) is 0 Å². The minimum Gasteiger partial charge on any atom is -0.385 e. The molecule has 2 nitrogen and oxygen atoms in total. The number of nitrogens with zero attached hydrogens (tertiary/aromatic N) is 1. The molecule has 0 bridgehead atoms. The van der Waals surface area contributed by atoms with E-state index in [2.05, 4.69) is 37.6 Å². The molecule has 0 aliphatic heterocycles. The maximum atomic E-state index is 4.22. The summed E-state index contributed by atoms with van der Waals surface area (Å²) < 4.78 is 0. The zero-order chi connectivity index (χ0) is 15.4. The molecule has 1 rings (SSSR count). The van der Waals surface area contributed by atoms with E-state index in [1.54, 1.807) is 0 Å². The van der Waals surface area contributed by atoms with Crippen molar-refractivity contribution in [1.29, 1.82) is 0 Å². The number of rotatable bonds is 8. The molecule has 1 aliphatic carbocycles. The predicted molar refractivity (Wildman–Crippen MR) is 92.1 cm³/mol. The molecule has 0 amide bonds. The molecule has 0 aromatic heterocycles. The summed E-state index contributed by atoms with van der Waals surface area (Å²) in [6, 6.07) is 0.679. The molecule has 0 spiro atoms. The lowest BCUT2D eigenvalue weighted by atomic mass is 9.87. The fourth-order valence-electron chi connectivity index (χ4n) is 2.91. The van der Waals surface area contributed by atoms with Gasteiger partial charge in [0.15, 0.2) is 0 Å². The van der Waals surface area contributed by atoms with E-state index in [4.69, 9.17) is 0 Å². The first-order chi connectivity index (χ1) is 9.65. The van der Waals surface area contributed by atoms with Crippen LogP contribution in [0.15, 0.2) is 12.3 Å². The first-order valence-electron chi connectivity index (χ1n) is 8.82. The van der Waals surface area contributed by atoms with Gasteiger partial charge in [-0.25, -0.2) is 0 Å². The molecular weight excluding hydrogens is 244 g/mol. The average molecular weight is 283 g/mol. The molecule has 2 heteroatoms. The second-order valence-corrected chi connectivity index (χ2v) is 5.98. The van der Waals surface area contributed by atoms with Crippen LogP contribution >= 0.6 is 0 Å². The third-order valence-electron chi connectivity index (χ3n) is 3.92. The molecule has 0 atom stereocenters. The van der Waals surface area contributed by atoms with E-state index in [1.807, 2.05) is 13.8 Å². The van der Waals surface area contributed by atoms with E-state index in [0.717, 1.165) is 12.5 Å². The summed E-state index contributed by atoms with van der Waals surface area (Å²) in [5.74, 6) is 0.924. The Morgan fingerprint density at radius 3 is 2.00 bits per heavy atom. The summed E-state index contributed by atoms with van der Waals surface area (Å²) in [4.78, 5) is 2.51. The molecule has 120 valence electrons. The number of hydrogen-bond donors (Lipinski definition) is 1. The van der Waals surface area contributed by atoms with Gasteiger partial charge in [-0.1, -0.05) is 41.2 Å². The monoisotopic (exact) mass is 282 g/mol. The van der Waals surface area contributed by atoms with Crippen molar-refractivity contribution in [1.82, 2.24) is 10.2 Å². The van der Waals surface area contributed by atoms with Crippen LogP contribution in [0.3, 0.4) is 0 Å². The SMILES string of the molecule is C=C(CN(CCC)CCC)NC1CCC(C)CC1.CC. The van der Waals surface area contributed by atoms with Crippen molar-refractivity contribution in [3.05, 3.63) is 12.3 Å². The average Bonchev–Trinajstić information content (AvgIpc) is 2.44. The molecule has 0 radical (unpaired) electrons. The summed E-state index contributed by atoms with van der Waals surface area (Å²) >= 11 is 0. The van der Waals surface area contributed by atoms with Crippen LogP contribution in [0.2, 0.25) is 0 Å².